The Bertz CT molecular complexity index is 1290. The number of ether oxygens (including phenoxy) is 1. The van der Waals surface area contributed by atoms with Gasteiger partial charge in [-0.3, -0.25) is 0 Å². The van der Waals surface area contributed by atoms with Crippen LogP contribution in [-0.4, -0.2) is 65.6 Å². The third kappa shape index (κ3) is 6.07. The van der Waals surface area contributed by atoms with Crippen molar-refractivity contribution in [1.82, 2.24) is 20.2 Å². The molecular formula is C26H33N8O2+. The highest BCUT2D eigenvalue weighted by molar-refractivity contribution is 5.95. The number of piperazine rings is 1. The number of nitrogens with two attached hydrogens (primary N) is 1. The zero-order chi connectivity index (χ0) is 25.7. The summed E-state index contributed by atoms with van der Waals surface area (Å²) in [7, 11) is 1.79. The fourth-order valence-electron chi connectivity index (χ4n) is 3.91. The number of amides is 1. The predicted molar refractivity (Wildman–Crippen MR) is 141 cm³/mol. The third-order valence-corrected chi connectivity index (χ3v) is 5.59. The molecule has 10 heteroatoms. The number of aromatic amines is 1. The van der Waals surface area contributed by atoms with Crippen molar-refractivity contribution in [2.45, 2.75) is 26.4 Å². The van der Waals surface area contributed by atoms with Crippen molar-refractivity contribution < 1.29 is 14.5 Å². The SMILES string of the molecule is CN/C=C\C(N)=Nc1cc(-c2cc3c[nH+]ccc3c(N3CCN(C(=O)OC(C)(C)C)CC3)n2)ccn1. The molecule has 1 aliphatic heterocycles. The Morgan fingerprint density at radius 1 is 1.22 bits per heavy atom. The Morgan fingerprint density at radius 2 is 2.00 bits per heavy atom. The second-order valence-electron chi connectivity index (χ2n) is 9.49. The maximum Gasteiger partial charge on any atom is 0.410 e. The van der Waals surface area contributed by atoms with Gasteiger partial charge in [-0.2, -0.15) is 0 Å². The van der Waals surface area contributed by atoms with Gasteiger partial charge in [-0.15, -0.1) is 0 Å². The number of hydrogen-bond acceptors (Lipinski definition) is 7. The maximum atomic E-state index is 12.5. The number of amidine groups is 1. The molecule has 0 radical (unpaired) electrons. The summed E-state index contributed by atoms with van der Waals surface area (Å²) in [5.74, 6) is 1.72. The number of aromatic nitrogens is 3. The second kappa shape index (κ2) is 10.6. The molecule has 36 heavy (non-hydrogen) atoms. The van der Waals surface area contributed by atoms with Gasteiger partial charge in [0.05, 0.1) is 11.1 Å². The van der Waals surface area contributed by atoms with Crippen LogP contribution in [0.3, 0.4) is 0 Å². The molecule has 4 rings (SSSR count). The molecule has 0 atom stereocenters. The maximum absolute atomic E-state index is 12.5. The standard InChI is InChI=1S/C26H32N8O2/c1-26(2,3)36-25(35)34-13-11-33(12-14-34)24-20-6-9-29-17-19(20)15-21(31-24)18-5-10-30-23(16-18)32-22(27)7-8-28-4/h5-10,15-17,28H,11-14H2,1-4H3,(H2,27,30,32)/p+1/b8-7-. The summed E-state index contributed by atoms with van der Waals surface area (Å²) >= 11 is 0. The molecule has 4 N–H and O–H groups in total. The fourth-order valence-corrected chi connectivity index (χ4v) is 3.91. The van der Waals surface area contributed by atoms with Crippen LogP contribution in [0.15, 0.2) is 60.1 Å². The highest BCUT2D eigenvalue weighted by Crippen LogP contribution is 2.31. The zero-order valence-electron chi connectivity index (χ0n) is 21.2. The summed E-state index contributed by atoms with van der Waals surface area (Å²) < 4.78 is 5.54. The Hall–Kier alpha value is -4.21. The van der Waals surface area contributed by atoms with Crippen LogP contribution in [0.1, 0.15) is 20.8 Å². The molecule has 0 unspecified atom stereocenters. The number of aliphatic imine (C=N–C) groups is 1. The molecule has 1 amide bonds. The monoisotopic (exact) mass is 489 g/mol. The van der Waals surface area contributed by atoms with Crippen molar-refractivity contribution in [2.75, 3.05) is 38.1 Å². The predicted octanol–water partition coefficient (Wildman–Crippen LogP) is 2.89. The van der Waals surface area contributed by atoms with E-state index in [1.54, 1.807) is 30.4 Å². The second-order valence-corrected chi connectivity index (χ2v) is 9.49. The van der Waals surface area contributed by atoms with Gasteiger partial charge in [0.2, 0.25) is 0 Å². The lowest BCUT2D eigenvalue weighted by Crippen LogP contribution is -2.50. The normalized spacial score (nSPS) is 14.9. The van der Waals surface area contributed by atoms with Crippen molar-refractivity contribution in [3.05, 3.63) is 55.1 Å². The first kappa shape index (κ1) is 24.9. The molecule has 0 spiro atoms. The number of carbonyl (C=O) groups excluding carboxylic acids is 1. The summed E-state index contributed by atoms with van der Waals surface area (Å²) in [6, 6.07) is 7.84. The van der Waals surface area contributed by atoms with Crippen molar-refractivity contribution in [3.8, 4) is 11.3 Å². The van der Waals surface area contributed by atoms with E-state index in [0.29, 0.717) is 37.8 Å². The summed E-state index contributed by atoms with van der Waals surface area (Å²) in [6.45, 7) is 8.08. The molecule has 0 saturated carbocycles. The number of carbonyl (C=O) groups is 1. The van der Waals surface area contributed by atoms with E-state index in [4.69, 9.17) is 15.5 Å². The number of hydrogen-bond donors (Lipinski definition) is 2. The molecule has 3 aromatic heterocycles. The van der Waals surface area contributed by atoms with Crippen molar-refractivity contribution >= 4 is 34.3 Å². The van der Waals surface area contributed by atoms with Gasteiger partial charge in [-0.25, -0.2) is 24.7 Å². The number of anilines is 1. The van der Waals surface area contributed by atoms with Crippen LogP contribution in [0.4, 0.5) is 16.4 Å². The highest BCUT2D eigenvalue weighted by Gasteiger charge is 2.27. The molecule has 4 heterocycles. The third-order valence-electron chi connectivity index (χ3n) is 5.59. The van der Waals surface area contributed by atoms with Crippen LogP contribution in [0.5, 0.6) is 0 Å². The van der Waals surface area contributed by atoms with Gasteiger partial charge in [-0.05, 0) is 51.2 Å². The molecule has 1 saturated heterocycles. The number of H-pyrrole nitrogens is 1. The molecule has 10 nitrogen and oxygen atoms in total. The van der Waals surface area contributed by atoms with Gasteiger partial charge in [-0.1, -0.05) is 0 Å². The first-order chi connectivity index (χ1) is 17.2. The number of nitrogens with one attached hydrogen (secondary N) is 2. The molecule has 1 fully saturated rings. The van der Waals surface area contributed by atoms with E-state index in [1.165, 1.54) is 0 Å². The van der Waals surface area contributed by atoms with Gasteiger partial charge in [0.15, 0.2) is 18.2 Å². The Kier molecular flexibility index (Phi) is 7.33. The average molecular weight is 490 g/mol. The summed E-state index contributed by atoms with van der Waals surface area (Å²) in [6.07, 6.45) is 8.65. The average Bonchev–Trinajstić information content (AvgIpc) is 2.86. The van der Waals surface area contributed by atoms with E-state index in [-0.39, 0.29) is 6.09 Å². The lowest BCUT2D eigenvalue weighted by Gasteiger charge is -2.36. The van der Waals surface area contributed by atoms with Gasteiger partial charge >= 0.3 is 6.09 Å². The highest BCUT2D eigenvalue weighted by atomic mass is 16.6. The number of pyridine rings is 3. The lowest BCUT2D eigenvalue weighted by atomic mass is 10.1. The van der Waals surface area contributed by atoms with Crippen molar-refractivity contribution in [1.29, 1.82) is 0 Å². The largest absolute Gasteiger partial charge is 0.444 e. The van der Waals surface area contributed by atoms with E-state index in [1.807, 2.05) is 57.4 Å². The Balaban J connectivity index is 1.62. The molecule has 0 aliphatic carbocycles. The van der Waals surface area contributed by atoms with Crippen LogP contribution >= 0.6 is 0 Å². The number of nitrogens with zero attached hydrogens (tertiary/aromatic N) is 5. The minimum atomic E-state index is -0.516. The van der Waals surface area contributed by atoms with Crippen LogP contribution in [0, 0.1) is 0 Å². The molecule has 188 valence electrons. The summed E-state index contributed by atoms with van der Waals surface area (Å²) in [5.41, 5.74) is 7.13. The minimum absolute atomic E-state index is 0.281. The van der Waals surface area contributed by atoms with Gasteiger partial charge in [0.25, 0.3) is 0 Å². The van der Waals surface area contributed by atoms with Gasteiger partial charge in [0, 0.05) is 56.4 Å². The molecule has 1 aliphatic rings. The summed E-state index contributed by atoms with van der Waals surface area (Å²) in [5, 5.41) is 4.96. The van der Waals surface area contributed by atoms with E-state index in [0.717, 1.165) is 27.8 Å². The zero-order valence-corrected chi connectivity index (χ0v) is 21.2. The van der Waals surface area contributed by atoms with Gasteiger partial charge < -0.3 is 25.6 Å². The van der Waals surface area contributed by atoms with Gasteiger partial charge in [0.1, 0.15) is 17.3 Å². The topological polar surface area (TPSA) is 123 Å². The molecule has 3 aromatic rings. The Morgan fingerprint density at radius 3 is 2.72 bits per heavy atom. The quantitative estimate of drug-likeness (QED) is 0.417. The lowest BCUT2D eigenvalue weighted by molar-refractivity contribution is -0.375. The van der Waals surface area contributed by atoms with E-state index < -0.39 is 5.60 Å². The van der Waals surface area contributed by atoms with E-state index >= 15 is 0 Å². The fraction of sp³-hybridized carbons (Fsp3) is 0.346. The smallest absolute Gasteiger partial charge is 0.410 e. The van der Waals surface area contributed by atoms with E-state index in [2.05, 4.69) is 25.2 Å². The summed E-state index contributed by atoms with van der Waals surface area (Å²) in [4.78, 5) is 33.4. The number of rotatable bonds is 5. The molecule has 0 bridgehead atoms. The molecule has 0 aromatic carbocycles. The van der Waals surface area contributed by atoms with Crippen LogP contribution < -0.4 is 20.9 Å². The molecular weight excluding hydrogens is 456 g/mol. The van der Waals surface area contributed by atoms with E-state index in [9.17, 15) is 4.79 Å². The Labute approximate surface area is 210 Å². The van der Waals surface area contributed by atoms with Crippen molar-refractivity contribution in [2.24, 2.45) is 10.7 Å². The van der Waals surface area contributed by atoms with Crippen LogP contribution in [0.2, 0.25) is 0 Å². The minimum Gasteiger partial charge on any atom is -0.444 e. The first-order valence-corrected chi connectivity index (χ1v) is 11.9. The van der Waals surface area contributed by atoms with Crippen LogP contribution in [-0.2, 0) is 4.74 Å². The van der Waals surface area contributed by atoms with Crippen LogP contribution in [0.25, 0.3) is 22.0 Å². The number of fused-ring (bicyclic) bond motifs is 1. The van der Waals surface area contributed by atoms with Crippen molar-refractivity contribution in [3.63, 3.8) is 0 Å². The first-order valence-electron chi connectivity index (χ1n) is 11.9.